The molecule has 1 rings (SSSR count). The Labute approximate surface area is 100 Å². The summed E-state index contributed by atoms with van der Waals surface area (Å²) in [5.41, 5.74) is 6.84. The summed E-state index contributed by atoms with van der Waals surface area (Å²) in [6, 6.07) is 2.65. The quantitative estimate of drug-likeness (QED) is 0.455. The first kappa shape index (κ1) is 13.4. The first-order valence-electron chi connectivity index (χ1n) is 5.38. The zero-order chi connectivity index (χ0) is 12.8. The van der Waals surface area contributed by atoms with Crippen LogP contribution in [0.1, 0.15) is 18.9 Å². The molecule has 17 heavy (non-hydrogen) atoms. The normalized spacial score (nSPS) is 10.3. The van der Waals surface area contributed by atoms with Crippen LogP contribution in [0.2, 0.25) is 0 Å². The van der Waals surface area contributed by atoms with Gasteiger partial charge in [-0.3, -0.25) is 0 Å². The first-order valence-corrected chi connectivity index (χ1v) is 5.38. The summed E-state index contributed by atoms with van der Waals surface area (Å²) < 4.78 is 23.6. The maximum Gasteiger partial charge on any atom is 0.165 e. The summed E-state index contributed by atoms with van der Waals surface area (Å²) in [6.45, 7) is 2.46. The average molecular weight is 240 g/mol. The first-order chi connectivity index (χ1) is 8.10. The molecule has 0 aliphatic carbocycles. The third-order valence-electron chi connectivity index (χ3n) is 2.33. The summed E-state index contributed by atoms with van der Waals surface area (Å²) >= 11 is 0. The van der Waals surface area contributed by atoms with Crippen molar-refractivity contribution >= 4 is 11.4 Å². The number of methoxy groups -OCH3 is 1. The van der Waals surface area contributed by atoms with Crippen molar-refractivity contribution in [2.75, 3.05) is 26.1 Å². The largest absolute Gasteiger partial charge is 0.488 e. The molecule has 1 aromatic carbocycles. The minimum atomic E-state index is -0.511. The van der Waals surface area contributed by atoms with Crippen molar-refractivity contribution in [2.24, 2.45) is 0 Å². The maximum absolute atomic E-state index is 13.6. The number of rotatable bonds is 6. The van der Waals surface area contributed by atoms with Crippen molar-refractivity contribution in [3.8, 4) is 5.75 Å². The van der Waals surface area contributed by atoms with Gasteiger partial charge in [-0.25, -0.2) is 4.39 Å². The van der Waals surface area contributed by atoms with Crippen LogP contribution in [0.5, 0.6) is 5.75 Å². The molecule has 0 saturated carbocycles. The monoisotopic (exact) mass is 240 g/mol. The van der Waals surface area contributed by atoms with E-state index < -0.39 is 5.82 Å². The average Bonchev–Trinajstić information content (AvgIpc) is 2.32. The van der Waals surface area contributed by atoms with E-state index in [9.17, 15) is 4.39 Å². The predicted octanol–water partition coefficient (Wildman–Crippen LogP) is 2.21. The number of anilines is 1. The molecule has 94 valence electrons. The van der Waals surface area contributed by atoms with Gasteiger partial charge in [-0.15, -0.1) is 0 Å². The van der Waals surface area contributed by atoms with E-state index in [2.05, 4.69) is 0 Å². The molecule has 0 bridgehead atoms. The molecule has 0 atom stereocenters. The van der Waals surface area contributed by atoms with E-state index >= 15 is 0 Å². The third kappa shape index (κ3) is 3.42. The fraction of sp³-hybridized carbons (Fsp3) is 0.417. The van der Waals surface area contributed by atoms with Crippen LogP contribution in [0.3, 0.4) is 0 Å². The van der Waals surface area contributed by atoms with Gasteiger partial charge < -0.3 is 20.6 Å². The molecule has 0 amide bonds. The van der Waals surface area contributed by atoms with Crippen molar-refractivity contribution in [3.05, 3.63) is 23.5 Å². The summed E-state index contributed by atoms with van der Waals surface area (Å²) in [5.74, 6) is -0.421. The fourth-order valence-corrected chi connectivity index (χ4v) is 1.37. The Balaban J connectivity index is 2.89. The van der Waals surface area contributed by atoms with E-state index in [1.54, 1.807) is 7.11 Å². The molecule has 0 radical (unpaired) electrons. The maximum atomic E-state index is 13.6. The lowest BCUT2D eigenvalue weighted by Crippen LogP contribution is -2.08. The zero-order valence-electron chi connectivity index (χ0n) is 10.0. The number of hydrogen-bond acceptors (Lipinski definition) is 4. The topological polar surface area (TPSA) is 68.3 Å². The summed E-state index contributed by atoms with van der Waals surface area (Å²) in [5, 5.41) is 7.65. The molecule has 0 unspecified atom stereocenters. The van der Waals surface area contributed by atoms with Crippen LogP contribution >= 0.6 is 0 Å². The minimum Gasteiger partial charge on any atom is -0.488 e. The number of nitrogens with one attached hydrogen (secondary N) is 1. The Morgan fingerprint density at radius 2 is 2.12 bits per heavy atom. The van der Waals surface area contributed by atoms with Crippen molar-refractivity contribution in [3.63, 3.8) is 0 Å². The van der Waals surface area contributed by atoms with Crippen LogP contribution in [0, 0.1) is 11.2 Å². The van der Waals surface area contributed by atoms with Gasteiger partial charge in [-0.05, 0) is 12.5 Å². The van der Waals surface area contributed by atoms with Gasteiger partial charge in [-0.2, -0.15) is 0 Å². The van der Waals surface area contributed by atoms with Crippen molar-refractivity contribution in [1.82, 2.24) is 0 Å². The van der Waals surface area contributed by atoms with Crippen molar-refractivity contribution in [1.29, 1.82) is 5.41 Å². The Bertz CT molecular complexity index is 408. The number of ether oxygens (including phenoxy) is 2. The molecule has 0 fully saturated rings. The predicted molar refractivity (Wildman–Crippen MR) is 65.3 cm³/mol. The second-order valence-electron chi connectivity index (χ2n) is 3.54. The van der Waals surface area contributed by atoms with Crippen molar-refractivity contribution in [2.45, 2.75) is 13.3 Å². The highest BCUT2D eigenvalue weighted by Gasteiger charge is 2.11. The highest BCUT2D eigenvalue weighted by molar-refractivity contribution is 6.02. The van der Waals surface area contributed by atoms with E-state index in [0.29, 0.717) is 30.0 Å². The van der Waals surface area contributed by atoms with Gasteiger partial charge in [0, 0.05) is 30.1 Å². The van der Waals surface area contributed by atoms with E-state index in [-0.39, 0.29) is 12.4 Å². The Kier molecular flexibility index (Phi) is 4.90. The molecule has 3 N–H and O–H groups in total. The van der Waals surface area contributed by atoms with Gasteiger partial charge in [0.2, 0.25) is 0 Å². The molecule has 0 saturated heterocycles. The summed E-state index contributed by atoms with van der Waals surface area (Å²) in [4.78, 5) is 0. The van der Waals surface area contributed by atoms with E-state index in [4.69, 9.17) is 20.6 Å². The fourth-order valence-electron chi connectivity index (χ4n) is 1.37. The van der Waals surface area contributed by atoms with Crippen LogP contribution < -0.4 is 10.5 Å². The lowest BCUT2D eigenvalue weighted by atomic mass is 10.1. The highest BCUT2D eigenvalue weighted by atomic mass is 19.1. The lowest BCUT2D eigenvalue weighted by Gasteiger charge is -2.11. The van der Waals surface area contributed by atoms with Gasteiger partial charge in [0.1, 0.15) is 6.61 Å². The number of benzene rings is 1. The molecule has 5 heteroatoms. The van der Waals surface area contributed by atoms with Gasteiger partial charge in [0.15, 0.2) is 11.6 Å². The molecule has 0 spiro atoms. The molecule has 1 aromatic rings. The van der Waals surface area contributed by atoms with E-state index in [0.717, 1.165) is 0 Å². The summed E-state index contributed by atoms with van der Waals surface area (Å²) in [7, 11) is 1.54. The SMILES string of the molecule is CCC(=N)c1cc(F)c(OCCOC)cc1N. The molecular formula is C12H17FN2O2. The molecule has 0 heterocycles. The van der Waals surface area contributed by atoms with Crippen LogP contribution in [-0.2, 0) is 4.74 Å². The third-order valence-corrected chi connectivity index (χ3v) is 2.33. The minimum absolute atomic E-state index is 0.0900. The van der Waals surface area contributed by atoms with Crippen LogP contribution in [0.25, 0.3) is 0 Å². The van der Waals surface area contributed by atoms with Crippen LogP contribution in [-0.4, -0.2) is 26.0 Å². The highest BCUT2D eigenvalue weighted by Crippen LogP contribution is 2.25. The van der Waals surface area contributed by atoms with Crippen molar-refractivity contribution < 1.29 is 13.9 Å². The molecule has 0 aliphatic rings. The summed E-state index contributed by atoms with van der Waals surface area (Å²) in [6.07, 6.45) is 0.507. The van der Waals surface area contributed by atoms with E-state index in [1.807, 2.05) is 6.92 Å². The van der Waals surface area contributed by atoms with Crippen LogP contribution in [0.15, 0.2) is 12.1 Å². The lowest BCUT2D eigenvalue weighted by molar-refractivity contribution is 0.144. The van der Waals surface area contributed by atoms with Gasteiger partial charge in [-0.1, -0.05) is 6.92 Å². The number of nitrogen functional groups attached to an aromatic ring is 1. The Morgan fingerprint density at radius 3 is 2.71 bits per heavy atom. The van der Waals surface area contributed by atoms with Gasteiger partial charge in [0.05, 0.1) is 6.61 Å². The molecular weight excluding hydrogens is 223 g/mol. The number of nitrogens with two attached hydrogens (primary N) is 1. The van der Waals surface area contributed by atoms with Gasteiger partial charge in [0.25, 0.3) is 0 Å². The smallest absolute Gasteiger partial charge is 0.165 e. The number of halogens is 1. The molecule has 4 nitrogen and oxygen atoms in total. The Morgan fingerprint density at radius 1 is 1.41 bits per heavy atom. The Hall–Kier alpha value is -1.62. The second kappa shape index (κ2) is 6.20. The molecule has 0 aromatic heterocycles. The molecule has 0 aliphatic heterocycles. The van der Waals surface area contributed by atoms with Crippen LogP contribution in [0.4, 0.5) is 10.1 Å². The number of hydrogen-bond donors (Lipinski definition) is 2. The second-order valence-corrected chi connectivity index (χ2v) is 3.54. The standard InChI is InChI=1S/C12H17FN2O2/c1-3-10(14)8-6-9(13)12(7-11(8)15)17-5-4-16-2/h6-7,14H,3-5,15H2,1-2H3. The van der Waals surface area contributed by atoms with Gasteiger partial charge >= 0.3 is 0 Å². The zero-order valence-corrected chi connectivity index (χ0v) is 10.0. The van der Waals surface area contributed by atoms with E-state index in [1.165, 1.54) is 12.1 Å².